The average Bonchev–Trinajstić information content (AvgIpc) is 2.71. The summed E-state index contributed by atoms with van der Waals surface area (Å²) in [7, 11) is 0. The van der Waals surface area contributed by atoms with Crippen LogP contribution in [0.3, 0.4) is 0 Å². The summed E-state index contributed by atoms with van der Waals surface area (Å²) in [5.74, 6) is -0.824. The third-order valence-corrected chi connectivity index (χ3v) is 5.30. The van der Waals surface area contributed by atoms with Gasteiger partial charge in [0.25, 0.3) is 0 Å². The van der Waals surface area contributed by atoms with Crippen LogP contribution in [0.5, 0.6) is 0 Å². The van der Waals surface area contributed by atoms with Gasteiger partial charge in [-0.1, -0.05) is 26.2 Å². The van der Waals surface area contributed by atoms with E-state index < -0.39 is 5.97 Å². The number of hydrogen-bond acceptors (Lipinski definition) is 1. The molecule has 0 atom stereocenters. The maximum atomic E-state index is 11.3. The van der Waals surface area contributed by atoms with Gasteiger partial charge in [0, 0.05) is 25.0 Å². The summed E-state index contributed by atoms with van der Waals surface area (Å²) in [5.41, 5.74) is 4.44. The quantitative estimate of drug-likeness (QED) is 0.849. The second-order valence-corrected chi connectivity index (χ2v) is 6.42. The molecule has 1 N–H and O–H groups in total. The van der Waals surface area contributed by atoms with Crippen LogP contribution in [0, 0.1) is 0 Å². The summed E-state index contributed by atoms with van der Waals surface area (Å²) >= 11 is 0. The lowest BCUT2D eigenvalue weighted by molar-refractivity contribution is -0.439. The van der Waals surface area contributed by atoms with E-state index in [9.17, 15) is 9.90 Å². The molecule has 1 fully saturated rings. The highest BCUT2D eigenvalue weighted by Crippen LogP contribution is 2.48. The van der Waals surface area contributed by atoms with Crippen LogP contribution in [0.25, 0.3) is 0 Å². The smallest absolute Gasteiger partial charge is 0.335 e. The lowest BCUT2D eigenvalue weighted by Crippen LogP contribution is -2.36. The molecular weight excluding hydrogens is 262 g/mol. The highest BCUT2D eigenvalue weighted by Gasteiger charge is 2.50. The summed E-state index contributed by atoms with van der Waals surface area (Å²) in [4.78, 5) is 11.3. The number of rotatable bonds is 3. The molecule has 3 rings (SSSR count). The molecule has 0 saturated heterocycles. The van der Waals surface area contributed by atoms with E-state index >= 15 is 0 Å². The Morgan fingerprint density at radius 1 is 1.29 bits per heavy atom. The third-order valence-electron chi connectivity index (χ3n) is 5.30. The van der Waals surface area contributed by atoms with E-state index in [-0.39, 0.29) is 5.41 Å². The molecule has 112 valence electrons. The van der Waals surface area contributed by atoms with Crippen LogP contribution < -0.4 is 0 Å². The number of nitrogens with zero attached hydrogens (tertiary/aromatic N) is 1. The van der Waals surface area contributed by atoms with Crippen molar-refractivity contribution >= 4 is 17.4 Å². The molecule has 1 spiro atoms. The standard InChI is InChI=1S/C18H23NO2/c1-3-11-19-13(2)18(9-5-4-6-10-18)15-12-14(17(20)21)7-8-16(15)19/h7-8,12H,3-6,9-11H2,1-2H3/p+1. The molecule has 21 heavy (non-hydrogen) atoms. The highest BCUT2D eigenvalue weighted by atomic mass is 16.4. The normalized spacial score (nSPS) is 19.9. The summed E-state index contributed by atoms with van der Waals surface area (Å²) in [5, 5.41) is 9.32. The monoisotopic (exact) mass is 286 g/mol. The first kappa shape index (κ1) is 14.3. The first-order chi connectivity index (χ1) is 10.1. The minimum atomic E-state index is -0.824. The van der Waals surface area contributed by atoms with Gasteiger partial charge in [0.05, 0.1) is 11.0 Å². The lowest BCUT2D eigenvalue weighted by atomic mass is 9.67. The second kappa shape index (κ2) is 5.28. The minimum absolute atomic E-state index is 0.0915. The Morgan fingerprint density at radius 2 is 2.00 bits per heavy atom. The van der Waals surface area contributed by atoms with Gasteiger partial charge in [0.15, 0.2) is 5.71 Å². The largest absolute Gasteiger partial charge is 0.478 e. The van der Waals surface area contributed by atoms with Crippen molar-refractivity contribution in [3.05, 3.63) is 29.3 Å². The molecule has 1 aliphatic carbocycles. The number of hydrogen-bond donors (Lipinski definition) is 1. The second-order valence-electron chi connectivity index (χ2n) is 6.42. The van der Waals surface area contributed by atoms with E-state index in [1.165, 1.54) is 36.2 Å². The van der Waals surface area contributed by atoms with E-state index in [2.05, 4.69) is 18.4 Å². The van der Waals surface area contributed by atoms with Gasteiger partial charge >= 0.3 is 5.97 Å². The minimum Gasteiger partial charge on any atom is -0.478 e. The van der Waals surface area contributed by atoms with Crippen LogP contribution in [0.1, 0.15) is 68.3 Å². The van der Waals surface area contributed by atoms with Gasteiger partial charge in [-0.2, -0.15) is 4.58 Å². The van der Waals surface area contributed by atoms with E-state index in [4.69, 9.17) is 0 Å². The van der Waals surface area contributed by atoms with Crippen LogP contribution >= 0.6 is 0 Å². The van der Waals surface area contributed by atoms with Crippen molar-refractivity contribution in [3.63, 3.8) is 0 Å². The van der Waals surface area contributed by atoms with Gasteiger partial charge in [-0.15, -0.1) is 0 Å². The molecular formula is C18H24NO2+. The topological polar surface area (TPSA) is 40.3 Å². The maximum Gasteiger partial charge on any atom is 0.335 e. The number of carboxylic acid groups (broad SMARTS) is 1. The van der Waals surface area contributed by atoms with Gasteiger partial charge in [-0.25, -0.2) is 4.79 Å². The van der Waals surface area contributed by atoms with Crippen molar-refractivity contribution in [2.45, 2.75) is 57.8 Å². The van der Waals surface area contributed by atoms with Gasteiger partial charge in [-0.3, -0.25) is 0 Å². The van der Waals surface area contributed by atoms with E-state index in [0.29, 0.717) is 5.56 Å². The maximum absolute atomic E-state index is 11.3. The fourth-order valence-corrected chi connectivity index (χ4v) is 4.22. The van der Waals surface area contributed by atoms with Crippen LogP contribution in [-0.2, 0) is 5.41 Å². The Kier molecular flexibility index (Phi) is 3.60. The van der Waals surface area contributed by atoms with Gasteiger partial charge in [-0.05, 0) is 25.0 Å². The zero-order valence-electron chi connectivity index (χ0n) is 13.0. The molecule has 1 saturated carbocycles. The van der Waals surface area contributed by atoms with Crippen molar-refractivity contribution < 1.29 is 14.5 Å². The first-order valence-electron chi connectivity index (χ1n) is 8.09. The number of carboxylic acids is 1. The molecule has 0 aromatic heterocycles. The Morgan fingerprint density at radius 3 is 2.62 bits per heavy atom. The lowest BCUT2D eigenvalue weighted by Gasteiger charge is -2.31. The zero-order chi connectivity index (χ0) is 15.0. The van der Waals surface area contributed by atoms with Crippen molar-refractivity contribution in [3.8, 4) is 0 Å². The Hall–Kier alpha value is -1.64. The molecule has 2 aliphatic rings. The summed E-state index contributed by atoms with van der Waals surface area (Å²) < 4.78 is 2.42. The van der Waals surface area contributed by atoms with Crippen molar-refractivity contribution in [1.82, 2.24) is 0 Å². The van der Waals surface area contributed by atoms with Crippen molar-refractivity contribution in [2.24, 2.45) is 0 Å². The van der Waals surface area contributed by atoms with Crippen LogP contribution in [0.15, 0.2) is 18.2 Å². The van der Waals surface area contributed by atoms with E-state index in [1.807, 2.05) is 12.1 Å². The molecule has 3 heteroatoms. The average molecular weight is 286 g/mol. The van der Waals surface area contributed by atoms with Gasteiger partial charge < -0.3 is 5.11 Å². The van der Waals surface area contributed by atoms with Crippen molar-refractivity contribution in [2.75, 3.05) is 6.54 Å². The van der Waals surface area contributed by atoms with E-state index in [0.717, 1.165) is 25.8 Å². The van der Waals surface area contributed by atoms with Crippen LogP contribution in [-0.4, -0.2) is 27.9 Å². The number of aromatic carboxylic acids is 1. The first-order valence-corrected chi connectivity index (χ1v) is 8.09. The predicted octanol–water partition coefficient (Wildman–Crippen LogP) is 4.12. The van der Waals surface area contributed by atoms with Crippen LogP contribution in [0.4, 0.5) is 5.69 Å². The fraction of sp³-hybridized carbons (Fsp3) is 0.556. The Balaban J connectivity index is 2.17. The van der Waals surface area contributed by atoms with Gasteiger partial charge in [0.2, 0.25) is 5.69 Å². The van der Waals surface area contributed by atoms with Crippen LogP contribution in [0.2, 0.25) is 0 Å². The molecule has 1 heterocycles. The van der Waals surface area contributed by atoms with Gasteiger partial charge in [0.1, 0.15) is 6.54 Å². The molecule has 1 aliphatic heterocycles. The highest BCUT2D eigenvalue weighted by molar-refractivity contribution is 5.96. The zero-order valence-corrected chi connectivity index (χ0v) is 13.0. The Labute approximate surface area is 126 Å². The molecule has 0 unspecified atom stereocenters. The number of carbonyl (C=O) groups is 1. The molecule has 3 nitrogen and oxygen atoms in total. The molecule has 1 aromatic rings. The molecule has 1 aromatic carbocycles. The third kappa shape index (κ3) is 2.10. The molecule has 0 amide bonds. The summed E-state index contributed by atoms with van der Waals surface area (Å²) in [6.45, 7) is 5.47. The van der Waals surface area contributed by atoms with Crippen molar-refractivity contribution in [1.29, 1.82) is 0 Å². The molecule has 0 bridgehead atoms. The molecule has 0 radical (unpaired) electrons. The predicted molar refractivity (Wildman–Crippen MR) is 83.9 cm³/mol. The fourth-order valence-electron chi connectivity index (χ4n) is 4.22. The SMILES string of the molecule is CCC[N+]1=C(C)C2(CCCCC2)c2cc(C(=O)O)ccc21. The Bertz CT molecular complexity index is 610. The van der Waals surface area contributed by atoms with E-state index in [1.54, 1.807) is 6.07 Å². The number of fused-ring (bicyclic) bond motifs is 2. The summed E-state index contributed by atoms with van der Waals surface area (Å²) in [6, 6.07) is 5.70. The number of benzene rings is 1. The summed E-state index contributed by atoms with van der Waals surface area (Å²) in [6.07, 6.45) is 7.22.